The van der Waals surface area contributed by atoms with Gasteiger partial charge in [-0.15, -0.1) is 4.40 Å². The molecule has 0 unspecified atom stereocenters. The van der Waals surface area contributed by atoms with Crippen LogP contribution in [-0.4, -0.2) is 30.6 Å². The van der Waals surface area contributed by atoms with Gasteiger partial charge in [-0.25, -0.2) is 0 Å². The second-order valence-electron chi connectivity index (χ2n) is 7.34. The average Bonchev–Trinajstić information content (AvgIpc) is 3.10. The maximum Gasteiger partial charge on any atom is 0.284 e. The van der Waals surface area contributed by atoms with Crippen LogP contribution in [0.1, 0.15) is 12.0 Å². The largest absolute Gasteiger partial charge is 0.326 e. The first kappa shape index (κ1) is 22.8. The van der Waals surface area contributed by atoms with Gasteiger partial charge < -0.3 is 5.32 Å². The van der Waals surface area contributed by atoms with Gasteiger partial charge in [0.1, 0.15) is 5.25 Å². The molecule has 1 heterocycles. The molecule has 0 aromatic heterocycles. The maximum absolute atomic E-state index is 13.2. The summed E-state index contributed by atoms with van der Waals surface area (Å²) in [5.41, 5.74) is 2.05. The maximum atomic E-state index is 13.2. The van der Waals surface area contributed by atoms with Gasteiger partial charge in [-0.05, 0) is 42.8 Å². The Morgan fingerprint density at radius 2 is 1.58 bits per heavy atom. The summed E-state index contributed by atoms with van der Waals surface area (Å²) in [6, 6.07) is 23.8. The van der Waals surface area contributed by atoms with Crippen molar-refractivity contribution in [3.8, 4) is 0 Å². The first-order valence-corrected chi connectivity index (χ1v) is 12.5. The normalized spacial score (nSPS) is 17.4. The van der Waals surface area contributed by atoms with Gasteiger partial charge in [0.25, 0.3) is 10.0 Å². The molecule has 3 aromatic rings. The minimum Gasteiger partial charge on any atom is -0.326 e. The van der Waals surface area contributed by atoms with Crippen molar-refractivity contribution in [3.63, 3.8) is 0 Å². The van der Waals surface area contributed by atoms with Gasteiger partial charge in [0, 0.05) is 12.1 Å². The standard InChI is InChI=1S/C24H21N3O4S2/c1-17-10-8-9-15-20(17)25-22(28)16-21-23(29)27(18-11-4-2-5-12-18)24(32-21)26-33(30,31)19-13-6-3-7-14-19/h2-15,21H,16H2,1H3,(H,25,28)/t21-/m0/s1. The molecule has 0 aliphatic carbocycles. The number of thioether (sulfide) groups is 1. The SMILES string of the molecule is Cc1ccccc1NC(=O)C[C@@H]1SC(=NS(=O)(=O)c2ccccc2)N(c2ccccc2)C1=O. The molecular formula is C24H21N3O4S2. The van der Waals surface area contributed by atoms with E-state index in [1.165, 1.54) is 17.0 Å². The van der Waals surface area contributed by atoms with Crippen LogP contribution in [0.2, 0.25) is 0 Å². The van der Waals surface area contributed by atoms with E-state index in [2.05, 4.69) is 9.71 Å². The second-order valence-corrected chi connectivity index (χ2v) is 10.1. The van der Waals surface area contributed by atoms with Crippen molar-refractivity contribution in [1.29, 1.82) is 0 Å². The molecule has 0 bridgehead atoms. The Balaban J connectivity index is 1.63. The minimum absolute atomic E-state index is 0.0174. The number of anilines is 2. The third-order valence-corrected chi connectivity index (χ3v) is 7.51. The van der Waals surface area contributed by atoms with Crippen LogP contribution in [0.15, 0.2) is 94.2 Å². The van der Waals surface area contributed by atoms with Crippen LogP contribution in [0.4, 0.5) is 11.4 Å². The van der Waals surface area contributed by atoms with E-state index in [9.17, 15) is 18.0 Å². The molecule has 1 saturated heterocycles. The summed E-state index contributed by atoms with van der Waals surface area (Å²) < 4.78 is 29.7. The highest BCUT2D eigenvalue weighted by Gasteiger charge is 2.41. The predicted molar refractivity (Wildman–Crippen MR) is 131 cm³/mol. The molecule has 9 heteroatoms. The smallest absolute Gasteiger partial charge is 0.284 e. The third kappa shape index (κ3) is 5.15. The molecular weight excluding hydrogens is 458 g/mol. The minimum atomic E-state index is -4.04. The van der Waals surface area contributed by atoms with Crippen molar-refractivity contribution in [1.82, 2.24) is 0 Å². The number of aryl methyl sites for hydroxylation is 1. The number of carbonyl (C=O) groups is 2. The van der Waals surface area contributed by atoms with E-state index in [0.29, 0.717) is 11.4 Å². The van der Waals surface area contributed by atoms with E-state index >= 15 is 0 Å². The van der Waals surface area contributed by atoms with E-state index in [4.69, 9.17) is 0 Å². The molecule has 1 fully saturated rings. The molecule has 0 saturated carbocycles. The summed E-state index contributed by atoms with van der Waals surface area (Å²) in [7, 11) is -4.04. The van der Waals surface area contributed by atoms with Crippen molar-refractivity contribution < 1.29 is 18.0 Å². The number of rotatable bonds is 6. The van der Waals surface area contributed by atoms with Gasteiger partial charge in [-0.2, -0.15) is 8.42 Å². The van der Waals surface area contributed by atoms with Crippen LogP contribution in [0.25, 0.3) is 0 Å². The lowest BCUT2D eigenvalue weighted by molar-refractivity contribution is -0.121. The summed E-state index contributed by atoms with van der Waals surface area (Å²) in [5, 5.41) is 2.03. The monoisotopic (exact) mass is 479 g/mol. The highest BCUT2D eigenvalue weighted by Crippen LogP contribution is 2.35. The first-order chi connectivity index (χ1) is 15.8. The molecule has 1 aliphatic rings. The second kappa shape index (κ2) is 9.60. The average molecular weight is 480 g/mol. The number of sulfonamides is 1. The van der Waals surface area contributed by atoms with Crippen molar-refractivity contribution in [2.24, 2.45) is 4.40 Å². The van der Waals surface area contributed by atoms with Crippen molar-refractivity contribution in [3.05, 3.63) is 90.5 Å². The number of amides is 2. The van der Waals surface area contributed by atoms with Crippen LogP contribution >= 0.6 is 11.8 Å². The number of carbonyl (C=O) groups excluding carboxylic acids is 2. The fraction of sp³-hybridized carbons (Fsp3) is 0.125. The number of benzene rings is 3. The number of hydrogen-bond acceptors (Lipinski definition) is 5. The zero-order valence-electron chi connectivity index (χ0n) is 17.7. The molecule has 7 nitrogen and oxygen atoms in total. The fourth-order valence-corrected chi connectivity index (χ4v) is 5.66. The van der Waals surface area contributed by atoms with Gasteiger partial charge in [-0.3, -0.25) is 14.5 Å². The number of hydrogen-bond donors (Lipinski definition) is 1. The van der Waals surface area contributed by atoms with E-state index in [1.54, 1.807) is 54.6 Å². The molecule has 168 valence electrons. The lowest BCUT2D eigenvalue weighted by Gasteiger charge is -2.16. The van der Waals surface area contributed by atoms with Crippen LogP contribution < -0.4 is 10.2 Å². The van der Waals surface area contributed by atoms with Gasteiger partial charge >= 0.3 is 0 Å². The fourth-order valence-electron chi connectivity index (χ4n) is 3.31. The topological polar surface area (TPSA) is 95.9 Å². The molecule has 1 atom stereocenters. The van der Waals surface area contributed by atoms with Crippen molar-refractivity contribution in [2.75, 3.05) is 10.2 Å². The Hall–Kier alpha value is -3.43. The van der Waals surface area contributed by atoms with Gasteiger partial charge in [0.2, 0.25) is 11.8 Å². The Bertz CT molecular complexity index is 1310. The molecule has 4 rings (SSSR count). The summed E-state index contributed by atoms with van der Waals surface area (Å²) >= 11 is 0.973. The quantitative estimate of drug-likeness (QED) is 0.571. The predicted octanol–water partition coefficient (Wildman–Crippen LogP) is 4.22. The summed E-state index contributed by atoms with van der Waals surface area (Å²) in [6.45, 7) is 1.88. The number of nitrogens with zero attached hydrogens (tertiary/aromatic N) is 2. The van der Waals surface area contributed by atoms with Gasteiger partial charge in [-0.1, -0.05) is 66.4 Å². The summed E-state index contributed by atoms with van der Waals surface area (Å²) in [5.74, 6) is -0.733. The van der Waals surface area contributed by atoms with E-state index in [0.717, 1.165) is 17.3 Å². The lowest BCUT2D eigenvalue weighted by Crippen LogP contribution is -2.33. The lowest BCUT2D eigenvalue weighted by atomic mass is 10.2. The molecule has 1 N–H and O–H groups in total. The van der Waals surface area contributed by atoms with Gasteiger partial charge in [0.05, 0.1) is 10.6 Å². The first-order valence-electron chi connectivity index (χ1n) is 10.2. The molecule has 0 spiro atoms. The van der Waals surface area contributed by atoms with Crippen LogP contribution in [0.3, 0.4) is 0 Å². The highest BCUT2D eigenvalue weighted by atomic mass is 32.2. The Kier molecular flexibility index (Phi) is 6.62. The third-order valence-electron chi connectivity index (χ3n) is 4.98. The van der Waals surface area contributed by atoms with Crippen LogP contribution in [-0.2, 0) is 19.6 Å². The number of amidine groups is 1. The molecule has 3 aromatic carbocycles. The molecule has 1 aliphatic heterocycles. The van der Waals surface area contributed by atoms with Crippen LogP contribution in [0, 0.1) is 6.92 Å². The van der Waals surface area contributed by atoms with E-state index in [1.807, 2.05) is 25.1 Å². The van der Waals surface area contributed by atoms with E-state index < -0.39 is 21.2 Å². The van der Waals surface area contributed by atoms with Gasteiger partial charge in [0.15, 0.2) is 5.17 Å². The zero-order chi connectivity index (χ0) is 23.4. The summed E-state index contributed by atoms with van der Waals surface area (Å²) in [6.07, 6.45) is -0.119. The van der Waals surface area contributed by atoms with Crippen molar-refractivity contribution in [2.45, 2.75) is 23.5 Å². The molecule has 0 radical (unpaired) electrons. The molecule has 2 amide bonds. The van der Waals surface area contributed by atoms with E-state index in [-0.39, 0.29) is 22.4 Å². The number of para-hydroxylation sites is 2. The van der Waals surface area contributed by atoms with Crippen LogP contribution in [0.5, 0.6) is 0 Å². The molecule has 33 heavy (non-hydrogen) atoms. The number of nitrogens with one attached hydrogen (secondary N) is 1. The Morgan fingerprint density at radius 3 is 2.24 bits per heavy atom. The van der Waals surface area contributed by atoms with Crippen molar-refractivity contribution >= 4 is 50.1 Å². The summed E-state index contributed by atoms with van der Waals surface area (Å²) in [4.78, 5) is 27.2. The Morgan fingerprint density at radius 1 is 0.970 bits per heavy atom. The Labute approximate surface area is 196 Å². The zero-order valence-corrected chi connectivity index (χ0v) is 19.3. The highest BCUT2D eigenvalue weighted by molar-refractivity contribution is 8.16.